The monoisotopic (exact) mass is 333 g/mol. The number of nitrogens with zero attached hydrogens (tertiary/aromatic N) is 3. The first-order chi connectivity index (χ1) is 11.5. The molecule has 1 aliphatic heterocycles. The van der Waals surface area contributed by atoms with Crippen LogP contribution in [0.25, 0.3) is 0 Å². The molecule has 5 heteroatoms. The van der Waals surface area contributed by atoms with Crippen molar-refractivity contribution in [1.29, 1.82) is 0 Å². The quantitative estimate of drug-likeness (QED) is 0.764. The van der Waals surface area contributed by atoms with Crippen LogP contribution in [0.3, 0.4) is 0 Å². The molecule has 0 aliphatic carbocycles. The van der Waals surface area contributed by atoms with Crippen LogP contribution < -0.4 is 4.74 Å². The maximum Gasteiger partial charge on any atom is 0.260 e. The van der Waals surface area contributed by atoms with Crippen molar-refractivity contribution >= 4 is 5.91 Å². The summed E-state index contributed by atoms with van der Waals surface area (Å²) < 4.78 is 5.60. The van der Waals surface area contributed by atoms with Gasteiger partial charge < -0.3 is 14.5 Å². The summed E-state index contributed by atoms with van der Waals surface area (Å²) in [5.74, 6) is 0.819. The van der Waals surface area contributed by atoms with Crippen molar-refractivity contribution in [3.05, 3.63) is 30.3 Å². The average molecular weight is 333 g/mol. The minimum Gasteiger partial charge on any atom is -0.484 e. The summed E-state index contributed by atoms with van der Waals surface area (Å²) in [4.78, 5) is 19.1. The zero-order valence-corrected chi connectivity index (χ0v) is 15.4. The largest absolute Gasteiger partial charge is 0.484 e. The minimum atomic E-state index is 0.0745. The molecule has 134 valence electrons. The fourth-order valence-corrected chi connectivity index (χ4v) is 3.32. The number of hydrogen-bond acceptors (Lipinski definition) is 4. The van der Waals surface area contributed by atoms with Gasteiger partial charge in [-0.25, -0.2) is 0 Å². The molecule has 2 unspecified atom stereocenters. The highest BCUT2D eigenvalue weighted by atomic mass is 16.5. The van der Waals surface area contributed by atoms with Crippen LogP contribution >= 0.6 is 0 Å². The van der Waals surface area contributed by atoms with Crippen molar-refractivity contribution in [3.8, 4) is 5.75 Å². The summed E-state index contributed by atoms with van der Waals surface area (Å²) in [6.07, 6.45) is 1.16. The van der Waals surface area contributed by atoms with E-state index in [1.807, 2.05) is 35.2 Å². The lowest BCUT2D eigenvalue weighted by atomic mass is 10.1. The molecule has 0 radical (unpaired) electrons. The molecule has 1 amide bonds. The second-order valence-electron chi connectivity index (χ2n) is 6.99. The number of piperazine rings is 1. The Morgan fingerprint density at radius 3 is 2.38 bits per heavy atom. The molecule has 1 aromatic carbocycles. The van der Waals surface area contributed by atoms with Gasteiger partial charge in [0.05, 0.1) is 0 Å². The Bertz CT molecular complexity index is 495. The Balaban J connectivity index is 1.80. The normalized spacial score (nSPS) is 22.0. The lowest BCUT2D eigenvalue weighted by Gasteiger charge is -2.44. The zero-order chi connectivity index (χ0) is 17.5. The van der Waals surface area contributed by atoms with Gasteiger partial charge in [0.15, 0.2) is 6.61 Å². The van der Waals surface area contributed by atoms with Crippen LogP contribution in [-0.4, -0.2) is 79.6 Å². The molecule has 1 aliphatic rings. The van der Waals surface area contributed by atoms with E-state index in [-0.39, 0.29) is 12.5 Å². The number of para-hydroxylation sites is 1. The predicted octanol–water partition coefficient (Wildman–Crippen LogP) is 1.94. The van der Waals surface area contributed by atoms with Crippen molar-refractivity contribution < 1.29 is 9.53 Å². The van der Waals surface area contributed by atoms with Gasteiger partial charge in [0.1, 0.15) is 5.75 Å². The molecule has 0 bridgehead atoms. The summed E-state index contributed by atoms with van der Waals surface area (Å²) in [7, 11) is 4.21. The summed E-state index contributed by atoms with van der Waals surface area (Å²) in [6, 6.07) is 10.3. The van der Waals surface area contributed by atoms with Crippen LogP contribution in [0.1, 0.15) is 20.3 Å². The first-order valence-electron chi connectivity index (χ1n) is 8.83. The Morgan fingerprint density at radius 2 is 1.79 bits per heavy atom. The number of carbonyl (C=O) groups is 1. The molecule has 24 heavy (non-hydrogen) atoms. The number of benzene rings is 1. The van der Waals surface area contributed by atoms with Gasteiger partial charge in [-0.3, -0.25) is 9.69 Å². The number of ether oxygens (including phenoxy) is 1. The van der Waals surface area contributed by atoms with E-state index in [0.29, 0.717) is 12.1 Å². The third-order valence-electron chi connectivity index (χ3n) is 4.58. The zero-order valence-electron chi connectivity index (χ0n) is 15.4. The fourth-order valence-electron chi connectivity index (χ4n) is 3.32. The second-order valence-corrected chi connectivity index (χ2v) is 6.99. The lowest BCUT2D eigenvalue weighted by Crippen LogP contribution is -2.58. The van der Waals surface area contributed by atoms with E-state index in [4.69, 9.17) is 4.74 Å². The van der Waals surface area contributed by atoms with Gasteiger partial charge in [0.2, 0.25) is 0 Å². The number of carbonyl (C=O) groups excluding carboxylic acids is 1. The molecule has 1 heterocycles. The van der Waals surface area contributed by atoms with Gasteiger partial charge in [-0.1, -0.05) is 18.2 Å². The molecular formula is C19H31N3O2. The number of hydrogen-bond donors (Lipinski definition) is 0. The number of rotatable bonds is 7. The Labute approximate surface area is 146 Å². The Kier molecular flexibility index (Phi) is 7.06. The summed E-state index contributed by atoms with van der Waals surface area (Å²) in [6.45, 7) is 8.29. The van der Waals surface area contributed by atoms with Gasteiger partial charge in [0, 0.05) is 31.7 Å². The van der Waals surface area contributed by atoms with E-state index < -0.39 is 0 Å². The molecule has 1 fully saturated rings. The van der Waals surface area contributed by atoms with Gasteiger partial charge in [-0.2, -0.15) is 0 Å². The molecular weight excluding hydrogens is 302 g/mol. The van der Waals surface area contributed by atoms with E-state index in [9.17, 15) is 4.79 Å². The van der Waals surface area contributed by atoms with Crippen LogP contribution in [0.5, 0.6) is 5.75 Å². The smallest absolute Gasteiger partial charge is 0.260 e. The number of amides is 1. The van der Waals surface area contributed by atoms with E-state index >= 15 is 0 Å². The maximum atomic E-state index is 12.4. The molecule has 0 saturated carbocycles. The van der Waals surface area contributed by atoms with Crippen molar-refractivity contribution in [2.24, 2.45) is 0 Å². The Hall–Kier alpha value is -1.59. The van der Waals surface area contributed by atoms with Gasteiger partial charge in [-0.05, 0) is 53.0 Å². The van der Waals surface area contributed by atoms with Gasteiger partial charge in [-0.15, -0.1) is 0 Å². The third kappa shape index (κ3) is 5.49. The van der Waals surface area contributed by atoms with E-state index in [2.05, 4.69) is 37.7 Å². The summed E-state index contributed by atoms with van der Waals surface area (Å²) >= 11 is 0. The van der Waals surface area contributed by atoms with Crippen molar-refractivity contribution in [3.63, 3.8) is 0 Å². The van der Waals surface area contributed by atoms with Gasteiger partial charge in [0.25, 0.3) is 5.91 Å². The minimum absolute atomic E-state index is 0.0745. The van der Waals surface area contributed by atoms with Crippen molar-refractivity contribution in [1.82, 2.24) is 14.7 Å². The second kappa shape index (κ2) is 9.04. The van der Waals surface area contributed by atoms with Crippen molar-refractivity contribution in [2.75, 3.05) is 46.9 Å². The summed E-state index contributed by atoms with van der Waals surface area (Å²) in [5, 5.41) is 0. The van der Waals surface area contributed by atoms with Gasteiger partial charge >= 0.3 is 0 Å². The fraction of sp³-hybridized carbons (Fsp3) is 0.632. The molecule has 2 rings (SSSR count). The molecule has 0 aromatic heterocycles. The molecule has 0 spiro atoms. The molecule has 5 nitrogen and oxygen atoms in total. The first kappa shape index (κ1) is 18.7. The molecule has 1 saturated heterocycles. The van der Waals surface area contributed by atoms with Crippen LogP contribution in [-0.2, 0) is 4.79 Å². The molecule has 1 aromatic rings. The SMILES string of the molecule is CC1CN(C(=O)COc2ccccc2)CC(C)N1CCCN(C)C. The van der Waals surface area contributed by atoms with Crippen LogP contribution in [0.2, 0.25) is 0 Å². The topological polar surface area (TPSA) is 36.0 Å². The highest BCUT2D eigenvalue weighted by Gasteiger charge is 2.31. The standard InChI is InChI=1S/C19H31N3O2/c1-16-13-21(14-17(2)22(16)12-8-11-20(3)4)19(23)15-24-18-9-6-5-7-10-18/h5-7,9-10,16-17H,8,11-15H2,1-4H3. The molecule has 0 N–H and O–H groups in total. The van der Waals surface area contributed by atoms with E-state index in [1.54, 1.807) is 0 Å². The summed E-state index contributed by atoms with van der Waals surface area (Å²) in [5.41, 5.74) is 0. The molecule has 2 atom stereocenters. The van der Waals surface area contributed by atoms with Crippen LogP contribution in [0.4, 0.5) is 0 Å². The lowest BCUT2D eigenvalue weighted by molar-refractivity contribution is -0.137. The van der Waals surface area contributed by atoms with Crippen LogP contribution in [0, 0.1) is 0 Å². The van der Waals surface area contributed by atoms with E-state index in [0.717, 1.165) is 38.3 Å². The Morgan fingerprint density at radius 1 is 1.17 bits per heavy atom. The maximum absolute atomic E-state index is 12.4. The highest BCUT2D eigenvalue weighted by molar-refractivity contribution is 5.78. The van der Waals surface area contributed by atoms with Crippen molar-refractivity contribution in [2.45, 2.75) is 32.4 Å². The third-order valence-corrected chi connectivity index (χ3v) is 4.58. The first-order valence-corrected chi connectivity index (χ1v) is 8.83. The highest BCUT2D eigenvalue weighted by Crippen LogP contribution is 2.17. The van der Waals surface area contributed by atoms with E-state index in [1.165, 1.54) is 0 Å². The van der Waals surface area contributed by atoms with Crippen LogP contribution in [0.15, 0.2) is 30.3 Å². The predicted molar refractivity (Wildman–Crippen MR) is 97.3 cm³/mol. The average Bonchev–Trinajstić information content (AvgIpc) is 2.55.